The molecule has 0 radical (unpaired) electrons. The van der Waals surface area contributed by atoms with Crippen LogP contribution in [0.5, 0.6) is 0 Å². The molecule has 17 heavy (non-hydrogen) atoms. The van der Waals surface area contributed by atoms with Crippen molar-refractivity contribution in [2.45, 2.75) is 45.8 Å². The first-order chi connectivity index (χ1) is 7.72. The van der Waals surface area contributed by atoms with Crippen molar-refractivity contribution in [2.75, 3.05) is 0 Å². The number of aryl methyl sites for hydroxylation is 1. The number of nitrogens with one attached hydrogen (secondary N) is 1. The van der Waals surface area contributed by atoms with Gasteiger partial charge in [0.25, 0.3) is 0 Å². The number of benzene rings is 1. The van der Waals surface area contributed by atoms with Crippen LogP contribution in [-0.4, -0.2) is 14.5 Å². The second-order valence-corrected chi connectivity index (χ2v) is 11.1. The molecule has 94 valence electrons. The third-order valence-corrected chi connectivity index (χ3v) is 7.95. The zero-order chi connectivity index (χ0) is 13.1. The van der Waals surface area contributed by atoms with Crippen LogP contribution < -0.4 is 5.09 Å². The molecule has 0 bridgehead atoms. The first kappa shape index (κ1) is 14.0. The predicted octanol–water partition coefficient (Wildman–Crippen LogP) is 3.92. The highest BCUT2D eigenvalue weighted by molar-refractivity contribution is 6.77. The van der Waals surface area contributed by atoms with Gasteiger partial charge in [0.1, 0.15) is 0 Å². The molecular weight excluding hydrogens is 224 g/mol. The van der Waals surface area contributed by atoms with Crippen LogP contribution in [0.25, 0.3) is 0 Å². The van der Waals surface area contributed by atoms with Gasteiger partial charge in [-0.1, -0.05) is 50.6 Å². The van der Waals surface area contributed by atoms with Crippen LogP contribution in [0.4, 0.5) is 0 Å². The minimum atomic E-state index is -1.52. The Bertz CT molecular complexity index is 386. The summed E-state index contributed by atoms with van der Waals surface area (Å²) < 4.78 is 0. The SMILES string of the molecule is Cc1ccc(/C=N/N[Si](C)(C)C(C)(C)C)cc1. The molecule has 0 spiro atoms. The lowest BCUT2D eigenvalue weighted by Gasteiger charge is -2.35. The van der Waals surface area contributed by atoms with Crippen molar-refractivity contribution in [3.05, 3.63) is 35.4 Å². The molecule has 0 atom stereocenters. The highest BCUT2D eigenvalue weighted by Crippen LogP contribution is 2.33. The van der Waals surface area contributed by atoms with E-state index in [-0.39, 0.29) is 0 Å². The number of hydrazone groups is 1. The van der Waals surface area contributed by atoms with Crippen LogP contribution in [0, 0.1) is 6.92 Å². The molecule has 0 aromatic heterocycles. The highest BCUT2D eigenvalue weighted by Gasteiger charge is 2.35. The second kappa shape index (κ2) is 5.04. The number of hydrogen-bond donors (Lipinski definition) is 1. The largest absolute Gasteiger partial charge is 0.336 e. The monoisotopic (exact) mass is 248 g/mol. The molecule has 1 aromatic carbocycles. The molecule has 1 rings (SSSR count). The first-order valence-corrected chi connectivity index (χ1v) is 9.09. The third kappa shape index (κ3) is 4.00. The fourth-order valence-electron chi connectivity index (χ4n) is 1.09. The summed E-state index contributed by atoms with van der Waals surface area (Å²) >= 11 is 0. The van der Waals surface area contributed by atoms with Crippen molar-refractivity contribution in [2.24, 2.45) is 5.10 Å². The number of hydrogen-bond acceptors (Lipinski definition) is 2. The Morgan fingerprint density at radius 3 is 2.12 bits per heavy atom. The van der Waals surface area contributed by atoms with E-state index in [1.54, 1.807) is 0 Å². The fraction of sp³-hybridized carbons (Fsp3) is 0.500. The molecule has 0 saturated heterocycles. The zero-order valence-electron chi connectivity index (χ0n) is 11.8. The van der Waals surface area contributed by atoms with E-state index in [0.29, 0.717) is 5.04 Å². The van der Waals surface area contributed by atoms with Crippen LogP contribution in [0.1, 0.15) is 31.9 Å². The summed E-state index contributed by atoms with van der Waals surface area (Å²) in [6, 6.07) is 8.39. The molecular formula is C14H24N2Si. The van der Waals surface area contributed by atoms with Gasteiger partial charge in [-0.2, -0.15) is 5.10 Å². The Morgan fingerprint density at radius 2 is 1.65 bits per heavy atom. The van der Waals surface area contributed by atoms with E-state index in [1.807, 2.05) is 6.21 Å². The Morgan fingerprint density at radius 1 is 1.12 bits per heavy atom. The van der Waals surface area contributed by atoms with Gasteiger partial charge in [0.15, 0.2) is 8.24 Å². The molecule has 0 aliphatic heterocycles. The normalized spacial score (nSPS) is 13.1. The van der Waals surface area contributed by atoms with Gasteiger partial charge in [-0.15, -0.1) is 0 Å². The van der Waals surface area contributed by atoms with E-state index in [4.69, 9.17) is 0 Å². The smallest absolute Gasteiger partial charge is 0.173 e. The highest BCUT2D eigenvalue weighted by atomic mass is 28.3. The lowest BCUT2D eigenvalue weighted by Crippen LogP contribution is -2.49. The lowest BCUT2D eigenvalue weighted by molar-refractivity contribution is 0.693. The molecule has 0 aliphatic rings. The number of nitrogens with zero attached hydrogens (tertiary/aromatic N) is 1. The van der Waals surface area contributed by atoms with Crippen molar-refractivity contribution < 1.29 is 0 Å². The van der Waals surface area contributed by atoms with Crippen LogP contribution in [-0.2, 0) is 0 Å². The molecule has 0 heterocycles. The molecule has 0 unspecified atom stereocenters. The summed E-state index contributed by atoms with van der Waals surface area (Å²) in [5.74, 6) is 0. The topological polar surface area (TPSA) is 24.4 Å². The van der Waals surface area contributed by atoms with Crippen LogP contribution in [0.15, 0.2) is 29.4 Å². The van der Waals surface area contributed by atoms with Crippen molar-refractivity contribution in [3.63, 3.8) is 0 Å². The molecule has 0 fully saturated rings. The Hall–Kier alpha value is -1.09. The van der Waals surface area contributed by atoms with Gasteiger partial charge in [0.05, 0.1) is 6.21 Å². The maximum atomic E-state index is 4.40. The molecule has 3 heteroatoms. The average molecular weight is 248 g/mol. The molecule has 0 amide bonds. The van der Waals surface area contributed by atoms with E-state index in [2.05, 4.69) is 75.2 Å². The van der Waals surface area contributed by atoms with Crippen LogP contribution in [0.3, 0.4) is 0 Å². The van der Waals surface area contributed by atoms with Gasteiger partial charge in [0.2, 0.25) is 0 Å². The maximum Gasteiger partial charge on any atom is 0.173 e. The molecule has 0 aliphatic carbocycles. The Balaban J connectivity index is 2.65. The quantitative estimate of drug-likeness (QED) is 0.489. The van der Waals surface area contributed by atoms with Crippen molar-refractivity contribution >= 4 is 14.5 Å². The Labute approximate surface area is 106 Å². The van der Waals surface area contributed by atoms with Crippen molar-refractivity contribution in [1.82, 2.24) is 5.09 Å². The van der Waals surface area contributed by atoms with E-state index in [9.17, 15) is 0 Å². The second-order valence-electron chi connectivity index (χ2n) is 6.16. The van der Waals surface area contributed by atoms with Crippen LogP contribution in [0.2, 0.25) is 18.1 Å². The van der Waals surface area contributed by atoms with Crippen molar-refractivity contribution in [3.8, 4) is 0 Å². The minimum absolute atomic E-state index is 0.303. The third-order valence-electron chi connectivity index (χ3n) is 3.51. The van der Waals surface area contributed by atoms with Gasteiger partial charge in [-0.05, 0) is 30.6 Å². The molecule has 0 saturated carbocycles. The van der Waals surface area contributed by atoms with E-state index in [0.717, 1.165) is 5.56 Å². The van der Waals surface area contributed by atoms with Gasteiger partial charge >= 0.3 is 0 Å². The van der Waals surface area contributed by atoms with Crippen LogP contribution >= 0.6 is 0 Å². The van der Waals surface area contributed by atoms with Gasteiger partial charge in [-0.25, -0.2) is 0 Å². The summed E-state index contributed by atoms with van der Waals surface area (Å²) in [4.78, 5) is 0. The van der Waals surface area contributed by atoms with Crippen molar-refractivity contribution in [1.29, 1.82) is 0 Å². The van der Waals surface area contributed by atoms with Gasteiger partial charge in [0, 0.05) is 0 Å². The minimum Gasteiger partial charge on any atom is -0.336 e. The Kier molecular flexibility index (Phi) is 4.15. The zero-order valence-corrected chi connectivity index (χ0v) is 12.8. The number of rotatable bonds is 3. The summed E-state index contributed by atoms with van der Waals surface area (Å²) in [5.41, 5.74) is 2.42. The van der Waals surface area contributed by atoms with Gasteiger partial charge < -0.3 is 5.09 Å². The first-order valence-electron chi connectivity index (χ1n) is 6.09. The summed E-state index contributed by atoms with van der Waals surface area (Å²) in [7, 11) is -1.52. The summed E-state index contributed by atoms with van der Waals surface area (Å²) in [6.45, 7) is 13.5. The average Bonchev–Trinajstić information content (AvgIpc) is 2.19. The molecule has 1 N–H and O–H groups in total. The van der Waals surface area contributed by atoms with E-state index < -0.39 is 8.24 Å². The lowest BCUT2D eigenvalue weighted by atomic mass is 10.2. The molecule has 2 nitrogen and oxygen atoms in total. The standard InChI is InChI=1S/C14H24N2Si/c1-12-7-9-13(10-8-12)11-15-16-17(5,6)14(2,3)4/h7-11,16H,1-6H3/b15-11+. The fourth-order valence-corrected chi connectivity index (χ4v) is 1.81. The maximum absolute atomic E-state index is 4.40. The van der Waals surface area contributed by atoms with E-state index >= 15 is 0 Å². The summed E-state index contributed by atoms with van der Waals surface area (Å²) in [5, 5.41) is 8.07. The molecule has 1 aromatic rings. The van der Waals surface area contributed by atoms with E-state index in [1.165, 1.54) is 5.56 Å². The summed E-state index contributed by atoms with van der Waals surface area (Å²) in [6.07, 6.45) is 1.90. The van der Waals surface area contributed by atoms with Gasteiger partial charge in [-0.3, -0.25) is 0 Å². The predicted molar refractivity (Wildman–Crippen MR) is 79.1 cm³/mol.